The van der Waals surface area contributed by atoms with E-state index in [-0.39, 0.29) is 11.9 Å². The van der Waals surface area contributed by atoms with E-state index >= 15 is 0 Å². The lowest BCUT2D eigenvalue weighted by Gasteiger charge is -2.22. The van der Waals surface area contributed by atoms with Crippen molar-refractivity contribution in [3.8, 4) is 0 Å². The smallest absolute Gasteiger partial charge is 0.254 e. The Bertz CT molecular complexity index is 399. The van der Waals surface area contributed by atoms with Crippen LogP contribution in [0, 0.1) is 6.92 Å². The number of hydrogen-bond acceptors (Lipinski definition) is 2. The monoisotopic (exact) mass is 234 g/mol. The second-order valence-electron chi connectivity index (χ2n) is 4.57. The summed E-state index contributed by atoms with van der Waals surface area (Å²) >= 11 is 0. The maximum atomic E-state index is 12.2. The molecular formula is C14H22N2O. The van der Waals surface area contributed by atoms with Crippen LogP contribution < -0.4 is 5.32 Å². The molecule has 0 saturated heterocycles. The van der Waals surface area contributed by atoms with Crippen molar-refractivity contribution in [3.63, 3.8) is 0 Å². The molecule has 1 aromatic rings. The van der Waals surface area contributed by atoms with Crippen molar-refractivity contribution in [2.24, 2.45) is 0 Å². The Morgan fingerprint density at radius 1 is 1.41 bits per heavy atom. The van der Waals surface area contributed by atoms with Crippen LogP contribution in [0.1, 0.15) is 36.7 Å². The van der Waals surface area contributed by atoms with Crippen LogP contribution in [0.4, 0.5) is 5.69 Å². The van der Waals surface area contributed by atoms with Crippen LogP contribution in [0.3, 0.4) is 0 Å². The number of anilines is 1. The van der Waals surface area contributed by atoms with E-state index in [4.69, 9.17) is 0 Å². The second-order valence-corrected chi connectivity index (χ2v) is 4.57. The summed E-state index contributed by atoms with van der Waals surface area (Å²) in [6.45, 7) is 8.95. The number of amides is 1. The van der Waals surface area contributed by atoms with Crippen molar-refractivity contribution in [3.05, 3.63) is 29.3 Å². The van der Waals surface area contributed by atoms with Gasteiger partial charge in [-0.15, -0.1) is 0 Å². The van der Waals surface area contributed by atoms with Crippen LogP contribution >= 0.6 is 0 Å². The summed E-state index contributed by atoms with van der Waals surface area (Å²) in [7, 11) is 1.84. The molecule has 1 rings (SSSR count). The number of rotatable bonds is 4. The minimum Gasteiger partial charge on any atom is -0.385 e. The highest BCUT2D eigenvalue weighted by Crippen LogP contribution is 2.17. The molecule has 0 aliphatic heterocycles. The van der Waals surface area contributed by atoms with Crippen LogP contribution in [0.15, 0.2) is 18.2 Å². The van der Waals surface area contributed by atoms with Crippen LogP contribution in [0.5, 0.6) is 0 Å². The molecule has 1 amide bonds. The molecule has 0 bridgehead atoms. The molecule has 0 spiro atoms. The van der Waals surface area contributed by atoms with Gasteiger partial charge >= 0.3 is 0 Å². The summed E-state index contributed by atoms with van der Waals surface area (Å²) in [6, 6.07) is 6.09. The number of benzene rings is 1. The first-order chi connectivity index (χ1) is 7.97. The lowest BCUT2D eigenvalue weighted by Crippen LogP contribution is -2.33. The molecule has 1 N–H and O–H groups in total. The summed E-state index contributed by atoms with van der Waals surface area (Å²) < 4.78 is 0. The number of carbonyl (C=O) groups excluding carboxylic acids is 1. The topological polar surface area (TPSA) is 32.3 Å². The fraction of sp³-hybridized carbons (Fsp3) is 0.500. The van der Waals surface area contributed by atoms with E-state index in [0.29, 0.717) is 0 Å². The van der Waals surface area contributed by atoms with Gasteiger partial charge in [-0.2, -0.15) is 0 Å². The maximum absolute atomic E-state index is 12.2. The number of nitrogens with zero attached hydrogens (tertiary/aromatic N) is 1. The van der Waals surface area contributed by atoms with Crippen molar-refractivity contribution in [1.82, 2.24) is 4.90 Å². The SMILES string of the molecule is CCNc1ccc(C(=O)N(C)C(C)C)c(C)c1. The van der Waals surface area contributed by atoms with E-state index in [9.17, 15) is 4.79 Å². The van der Waals surface area contributed by atoms with E-state index < -0.39 is 0 Å². The molecule has 0 aliphatic carbocycles. The van der Waals surface area contributed by atoms with E-state index in [0.717, 1.165) is 23.4 Å². The predicted molar refractivity (Wildman–Crippen MR) is 72.6 cm³/mol. The lowest BCUT2D eigenvalue weighted by atomic mass is 10.1. The first-order valence-electron chi connectivity index (χ1n) is 6.09. The molecule has 0 atom stereocenters. The molecule has 3 nitrogen and oxygen atoms in total. The van der Waals surface area contributed by atoms with Gasteiger partial charge in [-0.25, -0.2) is 0 Å². The highest BCUT2D eigenvalue weighted by molar-refractivity contribution is 5.96. The molecule has 0 aliphatic rings. The number of carbonyl (C=O) groups is 1. The molecule has 17 heavy (non-hydrogen) atoms. The first kappa shape index (κ1) is 13.6. The molecule has 0 heterocycles. The Hall–Kier alpha value is -1.51. The predicted octanol–water partition coefficient (Wildman–Crippen LogP) is 2.91. The fourth-order valence-corrected chi connectivity index (χ4v) is 1.64. The molecule has 0 radical (unpaired) electrons. The average Bonchev–Trinajstić information content (AvgIpc) is 2.27. The van der Waals surface area contributed by atoms with Crippen molar-refractivity contribution >= 4 is 11.6 Å². The third kappa shape index (κ3) is 3.22. The van der Waals surface area contributed by atoms with Crippen molar-refractivity contribution in [1.29, 1.82) is 0 Å². The van der Waals surface area contributed by atoms with Gasteiger partial charge in [0.15, 0.2) is 0 Å². The van der Waals surface area contributed by atoms with Gasteiger partial charge in [-0.3, -0.25) is 4.79 Å². The van der Waals surface area contributed by atoms with Crippen LogP contribution in [-0.4, -0.2) is 30.4 Å². The minimum absolute atomic E-state index is 0.0838. The Balaban J connectivity index is 2.96. The van der Waals surface area contributed by atoms with Crippen LogP contribution in [0.2, 0.25) is 0 Å². The van der Waals surface area contributed by atoms with Gasteiger partial charge in [0.25, 0.3) is 5.91 Å². The Morgan fingerprint density at radius 3 is 2.53 bits per heavy atom. The molecule has 94 valence electrons. The molecule has 0 saturated carbocycles. The normalized spacial score (nSPS) is 10.5. The average molecular weight is 234 g/mol. The molecule has 0 fully saturated rings. The summed E-state index contributed by atoms with van der Waals surface area (Å²) in [5, 5.41) is 3.24. The van der Waals surface area contributed by atoms with Gasteiger partial charge in [0.05, 0.1) is 0 Å². The third-order valence-corrected chi connectivity index (χ3v) is 2.93. The fourth-order valence-electron chi connectivity index (χ4n) is 1.64. The Morgan fingerprint density at radius 2 is 2.06 bits per heavy atom. The molecular weight excluding hydrogens is 212 g/mol. The highest BCUT2D eigenvalue weighted by Gasteiger charge is 2.16. The van der Waals surface area contributed by atoms with Gasteiger partial charge in [0.2, 0.25) is 0 Å². The summed E-state index contributed by atoms with van der Waals surface area (Å²) in [4.78, 5) is 13.9. The molecule has 0 unspecified atom stereocenters. The number of nitrogens with one attached hydrogen (secondary N) is 1. The highest BCUT2D eigenvalue weighted by atomic mass is 16.2. The number of hydrogen-bond donors (Lipinski definition) is 1. The van der Waals surface area contributed by atoms with Crippen molar-refractivity contribution in [2.45, 2.75) is 33.7 Å². The second kappa shape index (κ2) is 5.71. The molecule has 0 aromatic heterocycles. The molecule has 1 aromatic carbocycles. The lowest BCUT2D eigenvalue weighted by molar-refractivity contribution is 0.0754. The van der Waals surface area contributed by atoms with E-state index in [2.05, 4.69) is 12.2 Å². The van der Waals surface area contributed by atoms with Gasteiger partial charge in [0, 0.05) is 30.9 Å². The minimum atomic E-state index is 0.0838. The summed E-state index contributed by atoms with van der Waals surface area (Å²) in [5.74, 6) is 0.0838. The van der Waals surface area contributed by atoms with Crippen LogP contribution in [-0.2, 0) is 0 Å². The Kier molecular flexibility index (Phi) is 4.55. The summed E-state index contributed by atoms with van der Waals surface area (Å²) in [5.41, 5.74) is 2.86. The zero-order valence-electron chi connectivity index (χ0n) is 11.4. The molecule has 3 heteroatoms. The third-order valence-electron chi connectivity index (χ3n) is 2.93. The largest absolute Gasteiger partial charge is 0.385 e. The van der Waals surface area contributed by atoms with E-state index in [1.54, 1.807) is 4.90 Å². The Labute approximate surface area is 104 Å². The van der Waals surface area contributed by atoms with Crippen molar-refractivity contribution in [2.75, 3.05) is 18.9 Å². The first-order valence-corrected chi connectivity index (χ1v) is 6.09. The zero-order valence-corrected chi connectivity index (χ0v) is 11.4. The van der Waals surface area contributed by atoms with Crippen molar-refractivity contribution < 1.29 is 4.79 Å². The van der Waals surface area contributed by atoms with Crippen LogP contribution in [0.25, 0.3) is 0 Å². The standard InChI is InChI=1S/C14H22N2O/c1-6-15-12-7-8-13(11(4)9-12)14(17)16(5)10(2)3/h7-10,15H,6H2,1-5H3. The van der Waals surface area contributed by atoms with Gasteiger partial charge in [0.1, 0.15) is 0 Å². The van der Waals surface area contributed by atoms with E-state index in [1.165, 1.54) is 0 Å². The maximum Gasteiger partial charge on any atom is 0.254 e. The van der Waals surface area contributed by atoms with Gasteiger partial charge < -0.3 is 10.2 Å². The summed E-state index contributed by atoms with van der Waals surface area (Å²) in [6.07, 6.45) is 0. The van der Waals surface area contributed by atoms with Gasteiger partial charge in [-0.1, -0.05) is 0 Å². The quantitative estimate of drug-likeness (QED) is 0.868. The zero-order chi connectivity index (χ0) is 13.0. The van der Waals surface area contributed by atoms with E-state index in [1.807, 2.05) is 46.0 Å². The number of aryl methyl sites for hydroxylation is 1. The van der Waals surface area contributed by atoms with Gasteiger partial charge in [-0.05, 0) is 51.5 Å².